The van der Waals surface area contributed by atoms with Gasteiger partial charge in [0.15, 0.2) is 9.84 Å². The zero-order chi connectivity index (χ0) is 16.4. The maximum atomic E-state index is 12.1. The van der Waals surface area contributed by atoms with Crippen molar-refractivity contribution >= 4 is 20.7 Å². The van der Waals surface area contributed by atoms with Gasteiger partial charge in [0.1, 0.15) is 0 Å². The van der Waals surface area contributed by atoms with Crippen LogP contribution in [0.3, 0.4) is 0 Å². The molecule has 0 radical (unpaired) electrons. The highest BCUT2D eigenvalue weighted by Gasteiger charge is 2.26. The summed E-state index contributed by atoms with van der Waals surface area (Å²) in [7, 11) is -3.31. The Kier molecular flexibility index (Phi) is 4.81. The predicted octanol–water partition coefficient (Wildman–Crippen LogP) is 2.66. The zero-order valence-corrected chi connectivity index (χ0v) is 12.8. The molecule has 0 saturated heterocycles. The topological polar surface area (TPSA) is 62.0 Å². The highest BCUT2D eigenvalue weighted by atomic mass is 32.2. The lowest BCUT2D eigenvalue weighted by molar-refractivity contribution is -0.124. The number of hydrogen-bond acceptors (Lipinski definition) is 3. The van der Waals surface area contributed by atoms with Crippen LogP contribution in [0.4, 0.5) is 13.2 Å². The van der Waals surface area contributed by atoms with Gasteiger partial charge in [0.2, 0.25) is 0 Å². The standard InChI is InChI=1S/C14H17F3N2O2S/c1-2-22(20,21)11-3-4-13-12(7-11)10(8-19-13)5-6-18-9-14(15,16)17/h3-4,7-8,18-19H,2,5-6,9H2,1H3. The molecule has 22 heavy (non-hydrogen) atoms. The average molecular weight is 334 g/mol. The Morgan fingerprint density at radius 1 is 1.27 bits per heavy atom. The number of alkyl halides is 3. The van der Waals surface area contributed by atoms with Crippen LogP contribution in [0.1, 0.15) is 12.5 Å². The second-order valence-corrected chi connectivity index (χ2v) is 7.24. The van der Waals surface area contributed by atoms with Gasteiger partial charge >= 0.3 is 6.18 Å². The summed E-state index contributed by atoms with van der Waals surface area (Å²) in [5.74, 6) is 0.00536. The van der Waals surface area contributed by atoms with Gasteiger partial charge in [0, 0.05) is 17.1 Å². The van der Waals surface area contributed by atoms with Crippen molar-refractivity contribution < 1.29 is 21.6 Å². The molecule has 0 aliphatic heterocycles. The van der Waals surface area contributed by atoms with Crippen LogP contribution in [0.5, 0.6) is 0 Å². The number of fused-ring (bicyclic) bond motifs is 1. The SMILES string of the molecule is CCS(=O)(=O)c1ccc2[nH]cc(CCNCC(F)(F)F)c2c1. The molecule has 0 unspecified atom stereocenters. The molecule has 1 aromatic heterocycles. The Morgan fingerprint density at radius 2 is 2.00 bits per heavy atom. The molecule has 0 bridgehead atoms. The summed E-state index contributed by atoms with van der Waals surface area (Å²) < 4.78 is 60.0. The van der Waals surface area contributed by atoms with E-state index in [4.69, 9.17) is 0 Å². The van der Waals surface area contributed by atoms with Crippen molar-refractivity contribution in [2.75, 3.05) is 18.8 Å². The number of hydrogen-bond donors (Lipinski definition) is 2. The first-order chi connectivity index (χ1) is 10.2. The van der Waals surface area contributed by atoms with Gasteiger partial charge in [-0.25, -0.2) is 8.42 Å². The van der Waals surface area contributed by atoms with E-state index in [1.165, 1.54) is 6.07 Å². The van der Waals surface area contributed by atoms with Gasteiger partial charge in [-0.2, -0.15) is 13.2 Å². The lowest BCUT2D eigenvalue weighted by Gasteiger charge is -2.08. The largest absolute Gasteiger partial charge is 0.401 e. The first kappa shape index (κ1) is 16.8. The van der Waals surface area contributed by atoms with Gasteiger partial charge in [-0.3, -0.25) is 0 Å². The molecule has 4 nitrogen and oxygen atoms in total. The van der Waals surface area contributed by atoms with E-state index in [1.54, 1.807) is 25.3 Å². The van der Waals surface area contributed by atoms with Crippen LogP contribution in [0.25, 0.3) is 10.9 Å². The number of benzene rings is 1. The van der Waals surface area contributed by atoms with E-state index >= 15 is 0 Å². The maximum absolute atomic E-state index is 12.1. The van der Waals surface area contributed by atoms with Crippen LogP contribution in [0.15, 0.2) is 29.3 Å². The summed E-state index contributed by atoms with van der Waals surface area (Å²) in [6.45, 7) is 0.695. The van der Waals surface area contributed by atoms with Crippen molar-refractivity contribution in [3.8, 4) is 0 Å². The molecule has 122 valence electrons. The van der Waals surface area contributed by atoms with Crippen LogP contribution >= 0.6 is 0 Å². The highest BCUT2D eigenvalue weighted by molar-refractivity contribution is 7.91. The number of aromatic nitrogens is 1. The Morgan fingerprint density at radius 3 is 2.64 bits per heavy atom. The number of sulfone groups is 1. The summed E-state index contributed by atoms with van der Waals surface area (Å²) in [5, 5.41) is 3.05. The lowest BCUT2D eigenvalue weighted by Crippen LogP contribution is -2.30. The van der Waals surface area contributed by atoms with Crippen LogP contribution in [0.2, 0.25) is 0 Å². The van der Waals surface area contributed by atoms with Gasteiger partial charge in [-0.05, 0) is 36.7 Å². The lowest BCUT2D eigenvalue weighted by atomic mass is 10.1. The number of aromatic amines is 1. The fourth-order valence-corrected chi connectivity index (χ4v) is 3.08. The maximum Gasteiger partial charge on any atom is 0.401 e. The van der Waals surface area contributed by atoms with Crippen molar-refractivity contribution in [2.45, 2.75) is 24.4 Å². The molecule has 2 N–H and O–H groups in total. The monoisotopic (exact) mass is 334 g/mol. The molecule has 1 heterocycles. The van der Waals surface area contributed by atoms with Crippen LogP contribution in [0, 0.1) is 0 Å². The van der Waals surface area contributed by atoms with Gasteiger partial charge in [-0.1, -0.05) is 6.92 Å². The quantitative estimate of drug-likeness (QED) is 0.799. The third-order valence-corrected chi connectivity index (χ3v) is 5.11. The van der Waals surface area contributed by atoms with E-state index in [-0.39, 0.29) is 17.2 Å². The molecule has 8 heteroatoms. The molecule has 0 fully saturated rings. The molecule has 0 saturated carbocycles. The summed E-state index contributed by atoms with van der Waals surface area (Å²) in [5.41, 5.74) is 1.55. The molecule has 0 atom stereocenters. The third-order valence-electron chi connectivity index (χ3n) is 3.37. The number of nitrogens with one attached hydrogen (secondary N) is 2. The molecule has 0 amide bonds. The minimum Gasteiger partial charge on any atom is -0.361 e. The number of H-pyrrole nitrogens is 1. The first-order valence-corrected chi connectivity index (χ1v) is 8.48. The second-order valence-electron chi connectivity index (χ2n) is 4.97. The average Bonchev–Trinajstić information content (AvgIpc) is 2.85. The number of rotatable bonds is 6. The third kappa shape index (κ3) is 4.01. The molecule has 1 aromatic carbocycles. The second kappa shape index (κ2) is 6.29. The van der Waals surface area contributed by atoms with E-state index in [2.05, 4.69) is 10.3 Å². The minimum atomic E-state index is -4.23. The summed E-state index contributed by atoms with van der Waals surface area (Å²) in [6, 6.07) is 4.78. The molecule has 0 aliphatic carbocycles. The van der Waals surface area contributed by atoms with Gasteiger partial charge < -0.3 is 10.3 Å². The Balaban J connectivity index is 2.16. The van der Waals surface area contributed by atoms with Gasteiger partial charge in [0.25, 0.3) is 0 Å². The van der Waals surface area contributed by atoms with E-state index in [9.17, 15) is 21.6 Å². The van der Waals surface area contributed by atoms with E-state index in [1.807, 2.05) is 0 Å². The predicted molar refractivity (Wildman–Crippen MR) is 78.7 cm³/mol. The van der Waals surface area contributed by atoms with E-state index in [0.717, 1.165) is 16.5 Å². The molecular formula is C14H17F3N2O2S. The fraction of sp³-hybridized carbons (Fsp3) is 0.429. The zero-order valence-electron chi connectivity index (χ0n) is 12.0. The van der Waals surface area contributed by atoms with Crippen molar-refractivity contribution in [3.05, 3.63) is 30.0 Å². The van der Waals surface area contributed by atoms with Crippen molar-refractivity contribution in [3.63, 3.8) is 0 Å². The summed E-state index contributed by atoms with van der Waals surface area (Å²) in [4.78, 5) is 3.23. The summed E-state index contributed by atoms with van der Waals surface area (Å²) >= 11 is 0. The van der Waals surface area contributed by atoms with E-state index in [0.29, 0.717) is 6.42 Å². The Bertz CT molecular complexity index is 751. The first-order valence-electron chi connectivity index (χ1n) is 6.83. The Hall–Kier alpha value is -1.54. The van der Waals surface area contributed by atoms with Crippen LogP contribution in [-0.4, -0.2) is 38.4 Å². The minimum absolute atomic E-state index is 0.00536. The smallest absolute Gasteiger partial charge is 0.361 e. The van der Waals surface area contributed by atoms with Crippen molar-refractivity contribution in [2.24, 2.45) is 0 Å². The van der Waals surface area contributed by atoms with E-state index < -0.39 is 22.6 Å². The molecule has 2 rings (SSSR count). The van der Waals surface area contributed by atoms with Gasteiger partial charge in [-0.15, -0.1) is 0 Å². The van der Waals surface area contributed by atoms with Crippen molar-refractivity contribution in [1.82, 2.24) is 10.3 Å². The molecule has 0 aliphatic rings. The normalized spacial score (nSPS) is 12.9. The number of halogens is 3. The summed E-state index contributed by atoms with van der Waals surface area (Å²) in [6.07, 6.45) is -2.16. The van der Waals surface area contributed by atoms with Crippen LogP contribution in [-0.2, 0) is 16.3 Å². The van der Waals surface area contributed by atoms with Crippen LogP contribution < -0.4 is 5.32 Å². The molecule has 0 spiro atoms. The fourth-order valence-electron chi connectivity index (χ4n) is 2.18. The van der Waals surface area contributed by atoms with Gasteiger partial charge in [0.05, 0.1) is 17.2 Å². The molecule has 2 aromatic rings. The van der Waals surface area contributed by atoms with Crippen molar-refractivity contribution in [1.29, 1.82) is 0 Å². The highest BCUT2D eigenvalue weighted by Crippen LogP contribution is 2.23. The Labute approximate surface area is 126 Å². The molecular weight excluding hydrogens is 317 g/mol.